The largest absolute Gasteiger partial charge is 0.444 e. The van der Waals surface area contributed by atoms with Gasteiger partial charge in [-0.15, -0.1) is 0 Å². The van der Waals surface area contributed by atoms with Gasteiger partial charge < -0.3 is 14.5 Å². The molecule has 0 aromatic carbocycles. The Labute approximate surface area is 137 Å². The van der Waals surface area contributed by atoms with Crippen LogP contribution in [0.1, 0.15) is 42.5 Å². The number of nitrogens with zero attached hydrogens (tertiary/aromatic N) is 3. The molecule has 6 nitrogen and oxygen atoms in total. The van der Waals surface area contributed by atoms with E-state index in [0.717, 1.165) is 17.7 Å². The summed E-state index contributed by atoms with van der Waals surface area (Å²) >= 11 is 0. The zero-order chi connectivity index (χ0) is 17.2. The normalized spacial score (nSPS) is 14.7. The predicted molar refractivity (Wildman–Crippen MR) is 87.5 cm³/mol. The third kappa shape index (κ3) is 4.43. The van der Waals surface area contributed by atoms with Crippen molar-refractivity contribution in [3.05, 3.63) is 29.1 Å². The van der Waals surface area contributed by atoms with Crippen molar-refractivity contribution in [2.75, 3.05) is 27.2 Å². The lowest BCUT2D eigenvalue weighted by molar-refractivity contribution is 0.0258. The molecule has 0 aliphatic carbocycles. The van der Waals surface area contributed by atoms with Crippen LogP contribution < -0.4 is 0 Å². The van der Waals surface area contributed by atoms with Crippen molar-refractivity contribution < 1.29 is 14.3 Å². The first-order valence-electron chi connectivity index (χ1n) is 7.86. The molecule has 0 radical (unpaired) electrons. The monoisotopic (exact) mass is 319 g/mol. The number of carbonyl (C=O) groups is 2. The lowest BCUT2D eigenvalue weighted by Gasteiger charge is -2.26. The Morgan fingerprint density at radius 2 is 1.83 bits per heavy atom. The molecule has 0 spiro atoms. The molecule has 1 aliphatic rings. The van der Waals surface area contributed by atoms with Gasteiger partial charge in [-0.3, -0.25) is 4.79 Å². The van der Waals surface area contributed by atoms with E-state index in [0.29, 0.717) is 25.2 Å². The highest BCUT2D eigenvalue weighted by atomic mass is 16.6. The SMILES string of the molecule is CN(C)C(=O)c1ccc2c(n1)CCN(C(=O)OC(C)(C)C)CC2. The quantitative estimate of drug-likeness (QED) is 0.795. The first kappa shape index (κ1) is 17.2. The van der Waals surface area contributed by atoms with E-state index in [4.69, 9.17) is 4.74 Å². The number of hydrogen-bond donors (Lipinski definition) is 0. The van der Waals surface area contributed by atoms with Crippen molar-refractivity contribution in [3.8, 4) is 0 Å². The van der Waals surface area contributed by atoms with Crippen molar-refractivity contribution in [2.24, 2.45) is 0 Å². The number of amides is 2. The summed E-state index contributed by atoms with van der Waals surface area (Å²) < 4.78 is 5.43. The van der Waals surface area contributed by atoms with Gasteiger partial charge in [-0.05, 0) is 38.8 Å². The second-order valence-electron chi connectivity index (χ2n) is 6.97. The maximum Gasteiger partial charge on any atom is 0.410 e. The summed E-state index contributed by atoms with van der Waals surface area (Å²) in [5, 5.41) is 0. The highest BCUT2D eigenvalue weighted by Crippen LogP contribution is 2.17. The van der Waals surface area contributed by atoms with E-state index < -0.39 is 5.60 Å². The Kier molecular flexibility index (Phi) is 4.92. The Morgan fingerprint density at radius 3 is 2.43 bits per heavy atom. The Balaban J connectivity index is 2.11. The van der Waals surface area contributed by atoms with Crippen LogP contribution in [0.4, 0.5) is 4.79 Å². The van der Waals surface area contributed by atoms with Crippen molar-refractivity contribution in [2.45, 2.75) is 39.2 Å². The summed E-state index contributed by atoms with van der Waals surface area (Å²) in [6, 6.07) is 3.70. The number of fused-ring (bicyclic) bond motifs is 1. The minimum absolute atomic E-state index is 0.110. The van der Waals surface area contributed by atoms with Crippen LogP contribution in [-0.4, -0.2) is 59.6 Å². The van der Waals surface area contributed by atoms with E-state index in [1.807, 2.05) is 26.8 Å². The van der Waals surface area contributed by atoms with Gasteiger partial charge in [0.2, 0.25) is 0 Å². The van der Waals surface area contributed by atoms with Crippen molar-refractivity contribution in [1.29, 1.82) is 0 Å². The molecule has 0 saturated carbocycles. The molecule has 2 amide bonds. The summed E-state index contributed by atoms with van der Waals surface area (Å²) in [6.07, 6.45) is 1.05. The standard InChI is InChI=1S/C17H25N3O3/c1-17(2,3)23-16(22)20-10-8-12-6-7-14(15(21)19(4)5)18-13(12)9-11-20/h6-7H,8-11H2,1-5H3. The molecular formula is C17H25N3O3. The molecule has 6 heteroatoms. The molecule has 0 unspecified atom stereocenters. The molecule has 126 valence electrons. The van der Waals surface area contributed by atoms with Crippen LogP contribution in [0.5, 0.6) is 0 Å². The molecule has 0 saturated heterocycles. The fraction of sp³-hybridized carbons (Fsp3) is 0.588. The second-order valence-corrected chi connectivity index (χ2v) is 6.97. The van der Waals surface area contributed by atoms with Gasteiger partial charge in [0.05, 0.1) is 0 Å². The first-order valence-corrected chi connectivity index (χ1v) is 7.86. The third-order valence-corrected chi connectivity index (χ3v) is 3.62. The van der Waals surface area contributed by atoms with Crippen LogP contribution in [0, 0.1) is 0 Å². The third-order valence-electron chi connectivity index (χ3n) is 3.62. The molecule has 23 heavy (non-hydrogen) atoms. The molecule has 2 rings (SSSR count). The average Bonchev–Trinajstić information content (AvgIpc) is 2.66. The van der Waals surface area contributed by atoms with E-state index in [1.165, 1.54) is 4.90 Å². The van der Waals surface area contributed by atoms with E-state index in [9.17, 15) is 9.59 Å². The fourth-order valence-electron chi connectivity index (χ4n) is 2.44. The number of rotatable bonds is 1. The Hall–Kier alpha value is -2.11. The van der Waals surface area contributed by atoms with E-state index >= 15 is 0 Å². The van der Waals surface area contributed by atoms with Gasteiger partial charge in [0.1, 0.15) is 11.3 Å². The summed E-state index contributed by atoms with van der Waals surface area (Å²) in [5.74, 6) is -0.110. The number of carbonyl (C=O) groups excluding carboxylic acids is 2. The van der Waals surface area contributed by atoms with E-state index in [1.54, 1.807) is 25.1 Å². The van der Waals surface area contributed by atoms with Crippen LogP contribution in [0.15, 0.2) is 12.1 Å². The minimum atomic E-state index is -0.500. The van der Waals surface area contributed by atoms with Crippen molar-refractivity contribution >= 4 is 12.0 Å². The van der Waals surface area contributed by atoms with Gasteiger partial charge in [0.15, 0.2) is 0 Å². The molecule has 1 aromatic heterocycles. The van der Waals surface area contributed by atoms with Gasteiger partial charge in [-0.1, -0.05) is 6.07 Å². The van der Waals surface area contributed by atoms with Crippen LogP contribution in [0.25, 0.3) is 0 Å². The highest BCUT2D eigenvalue weighted by molar-refractivity contribution is 5.92. The minimum Gasteiger partial charge on any atom is -0.444 e. The second kappa shape index (κ2) is 6.56. The maximum atomic E-state index is 12.2. The topological polar surface area (TPSA) is 62.7 Å². The molecule has 0 atom stereocenters. The van der Waals surface area contributed by atoms with Crippen LogP contribution in [0.3, 0.4) is 0 Å². The van der Waals surface area contributed by atoms with Gasteiger partial charge >= 0.3 is 6.09 Å². The number of hydrogen-bond acceptors (Lipinski definition) is 4. The summed E-state index contributed by atoms with van der Waals surface area (Å²) in [7, 11) is 3.42. The lowest BCUT2D eigenvalue weighted by Crippen LogP contribution is -2.38. The van der Waals surface area contributed by atoms with Crippen molar-refractivity contribution in [1.82, 2.24) is 14.8 Å². The van der Waals surface area contributed by atoms with Gasteiger partial charge in [0, 0.05) is 39.3 Å². The zero-order valence-electron chi connectivity index (χ0n) is 14.5. The van der Waals surface area contributed by atoms with Crippen molar-refractivity contribution in [3.63, 3.8) is 0 Å². The maximum absolute atomic E-state index is 12.2. The number of aromatic nitrogens is 1. The van der Waals surface area contributed by atoms with Crippen LogP contribution in [-0.2, 0) is 17.6 Å². The smallest absolute Gasteiger partial charge is 0.410 e. The zero-order valence-corrected chi connectivity index (χ0v) is 14.5. The molecular weight excluding hydrogens is 294 g/mol. The van der Waals surface area contributed by atoms with Crippen LogP contribution in [0.2, 0.25) is 0 Å². The number of ether oxygens (including phenoxy) is 1. The predicted octanol–water partition coefficient (Wildman–Crippen LogP) is 2.12. The summed E-state index contributed by atoms with van der Waals surface area (Å²) in [6.45, 7) is 6.73. The fourth-order valence-corrected chi connectivity index (χ4v) is 2.44. The lowest BCUT2D eigenvalue weighted by atomic mass is 10.1. The molecule has 1 aliphatic heterocycles. The molecule has 0 fully saturated rings. The molecule has 2 heterocycles. The average molecular weight is 319 g/mol. The van der Waals surface area contributed by atoms with Gasteiger partial charge in [-0.25, -0.2) is 9.78 Å². The molecule has 0 bridgehead atoms. The Bertz CT molecular complexity index is 606. The molecule has 0 N–H and O–H groups in total. The summed E-state index contributed by atoms with van der Waals surface area (Å²) in [4.78, 5) is 31.9. The van der Waals surface area contributed by atoms with Gasteiger partial charge in [-0.2, -0.15) is 0 Å². The first-order chi connectivity index (χ1) is 10.7. The van der Waals surface area contributed by atoms with Crippen LogP contribution >= 0.6 is 0 Å². The summed E-state index contributed by atoms with van der Waals surface area (Å²) in [5.41, 5.74) is 1.93. The van der Waals surface area contributed by atoms with Gasteiger partial charge in [0.25, 0.3) is 5.91 Å². The molecule has 1 aromatic rings. The number of pyridine rings is 1. The highest BCUT2D eigenvalue weighted by Gasteiger charge is 2.25. The van der Waals surface area contributed by atoms with E-state index in [2.05, 4.69) is 4.98 Å². The van der Waals surface area contributed by atoms with E-state index in [-0.39, 0.29) is 12.0 Å². The Morgan fingerprint density at radius 1 is 1.17 bits per heavy atom.